The number of imidazole rings is 1. The van der Waals surface area contributed by atoms with Crippen molar-refractivity contribution >= 4 is 16.7 Å². The molecule has 0 fully saturated rings. The van der Waals surface area contributed by atoms with Gasteiger partial charge in [0.15, 0.2) is 0 Å². The van der Waals surface area contributed by atoms with Crippen molar-refractivity contribution < 1.29 is 0 Å². The molecule has 0 saturated heterocycles. The van der Waals surface area contributed by atoms with Gasteiger partial charge in [0, 0.05) is 17.8 Å². The zero-order valence-electron chi connectivity index (χ0n) is 13.7. The Kier molecular flexibility index (Phi) is 3.65. The number of nitrogen functional groups attached to an aromatic ring is 1. The van der Waals surface area contributed by atoms with E-state index in [1.54, 1.807) is 0 Å². The molecule has 0 saturated carbocycles. The van der Waals surface area contributed by atoms with Gasteiger partial charge in [-0.05, 0) is 49.1 Å². The second-order valence-corrected chi connectivity index (χ2v) is 6.50. The molecular formula is C19H23N3. The van der Waals surface area contributed by atoms with Crippen molar-refractivity contribution in [3.63, 3.8) is 0 Å². The smallest absolute Gasteiger partial charge is 0.141 e. The molecule has 0 spiro atoms. The maximum atomic E-state index is 6.09. The molecular weight excluding hydrogens is 270 g/mol. The topological polar surface area (TPSA) is 43.8 Å². The van der Waals surface area contributed by atoms with E-state index in [0.29, 0.717) is 5.92 Å². The van der Waals surface area contributed by atoms with E-state index in [1.165, 1.54) is 11.1 Å². The maximum Gasteiger partial charge on any atom is 0.141 e. The summed E-state index contributed by atoms with van der Waals surface area (Å²) < 4.78 is 2.31. The Morgan fingerprint density at radius 2 is 1.86 bits per heavy atom. The van der Waals surface area contributed by atoms with E-state index in [1.807, 2.05) is 13.0 Å². The molecule has 0 aliphatic rings. The van der Waals surface area contributed by atoms with Gasteiger partial charge < -0.3 is 10.3 Å². The number of hydrogen-bond donors (Lipinski definition) is 1. The standard InChI is InChI=1S/C19H23N3/c1-12(2)11-22-18-8-5-13(3)9-17(18)21-19(22)15-7-6-14(4)16(20)10-15/h5-10,12H,11,20H2,1-4H3. The van der Waals surface area contributed by atoms with E-state index < -0.39 is 0 Å². The lowest BCUT2D eigenvalue weighted by Crippen LogP contribution is -2.06. The molecule has 0 amide bonds. The Hall–Kier alpha value is -2.29. The molecule has 0 aliphatic heterocycles. The van der Waals surface area contributed by atoms with Crippen molar-refractivity contribution in [1.29, 1.82) is 0 Å². The van der Waals surface area contributed by atoms with E-state index in [4.69, 9.17) is 10.7 Å². The average Bonchev–Trinajstić information content (AvgIpc) is 2.79. The van der Waals surface area contributed by atoms with Gasteiger partial charge >= 0.3 is 0 Å². The highest BCUT2D eigenvalue weighted by atomic mass is 15.1. The molecule has 0 radical (unpaired) electrons. The molecule has 0 unspecified atom stereocenters. The fourth-order valence-electron chi connectivity index (χ4n) is 2.79. The van der Waals surface area contributed by atoms with Crippen LogP contribution in [-0.2, 0) is 6.54 Å². The van der Waals surface area contributed by atoms with Crippen LogP contribution in [0, 0.1) is 19.8 Å². The van der Waals surface area contributed by atoms with E-state index in [2.05, 4.69) is 55.7 Å². The minimum absolute atomic E-state index is 0.556. The first-order chi connectivity index (χ1) is 10.5. The minimum atomic E-state index is 0.556. The van der Waals surface area contributed by atoms with Gasteiger partial charge in [-0.2, -0.15) is 0 Å². The molecule has 0 atom stereocenters. The summed E-state index contributed by atoms with van der Waals surface area (Å²) in [6.07, 6.45) is 0. The van der Waals surface area contributed by atoms with Crippen molar-refractivity contribution in [1.82, 2.24) is 9.55 Å². The van der Waals surface area contributed by atoms with Gasteiger partial charge in [-0.25, -0.2) is 4.98 Å². The normalized spacial score (nSPS) is 11.5. The predicted molar refractivity (Wildman–Crippen MR) is 93.9 cm³/mol. The molecule has 3 nitrogen and oxygen atoms in total. The summed E-state index contributed by atoms with van der Waals surface area (Å²) in [6, 6.07) is 12.7. The first-order valence-electron chi connectivity index (χ1n) is 7.79. The Bertz CT molecular complexity index is 828. The van der Waals surface area contributed by atoms with Crippen LogP contribution in [0.1, 0.15) is 25.0 Å². The minimum Gasteiger partial charge on any atom is -0.398 e. The van der Waals surface area contributed by atoms with Gasteiger partial charge in [-0.3, -0.25) is 0 Å². The number of rotatable bonds is 3. The molecule has 2 N–H and O–H groups in total. The third-order valence-corrected chi connectivity index (χ3v) is 3.99. The van der Waals surface area contributed by atoms with Crippen molar-refractivity contribution in [2.75, 3.05) is 5.73 Å². The quantitative estimate of drug-likeness (QED) is 0.719. The molecule has 3 rings (SSSR count). The van der Waals surface area contributed by atoms with Gasteiger partial charge in [0.25, 0.3) is 0 Å². The van der Waals surface area contributed by atoms with Crippen LogP contribution in [-0.4, -0.2) is 9.55 Å². The lowest BCUT2D eigenvalue weighted by molar-refractivity contribution is 0.536. The fraction of sp³-hybridized carbons (Fsp3) is 0.316. The third kappa shape index (κ3) is 2.59. The second kappa shape index (κ2) is 5.48. The largest absolute Gasteiger partial charge is 0.398 e. The number of nitrogens with two attached hydrogens (primary N) is 1. The molecule has 22 heavy (non-hydrogen) atoms. The zero-order chi connectivity index (χ0) is 15.9. The predicted octanol–water partition coefficient (Wildman–Crippen LogP) is 4.56. The number of aryl methyl sites for hydroxylation is 2. The number of anilines is 1. The molecule has 0 bridgehead atoms. The Balaban J connectivity index is 2.24. The summed E-state index contributed by atoms with van der Waals surface area (Å²) in [7, 11) is 0. The van der Waals surface area contributed by atoms with E-state index in [9.17, 15) is 0 Å². The summed E-state index contributed by atoms with van der Waals surface area (Å²) in [5.74, 6) is 1.56. The van der Waals surface area contributed by atoms with Crippen LogP contribution >= 0.6 is 0 Å². The van der Waals surface area contributed by atoms with Crippen LogP contribution in [0.25, 0.3) is 22.4 Å². The number of fused-ring (bicyclic) bond motifs is 1. The van der Waals surface area contributed by atoms with Crippen molar-refractivity contribution in [3.05, 3.63) is 47.5 Å². The number of benzene rings is 2. The Labute approximate surface area is 131 Å². The molecule has 3 aromatic rings. The van der Waals surface area contributed by atoms with Crippen LogP contribution < -0.4 is 5.73 Å². The third-order valence-electron chi connectivity index (χ3n) is 3.99. The monoisotopic (exact) mass is 293 g/mol. The molecule has 3 heteroatoms. The number of nitrogens with zero attached hydrogens (tertiary/aromatic N) is 2. The SMILES string of the molecule is Cc1ccc2c(c1)nc(-c1ccc(C)c(N)c1)n2CC(C)C. The summed E-state index contributed by atoms with van der Waals surface area (Å²) in [5, 5.41) is 0. The van der Waals surface area contributed by atoms with Crippen LogP contribution in [0.2, 0.25) is 0 Å². The van der Waals surface area contributed by atoms with Crippen molar-refractivity contribution in [2.24, 2.45) is 5.92 Å². The van der Waals surface area contributed by atoms with Crippen LogP contribution in [0.5, 0.6) is 0 Å². The van der Waals surface area contributed by atoms with E-state index in [0.717, 1.165) is 34.7 Å². The average molecular weight is 293 g/mol. The highest BCUT2D eigenvalue weighted by Gasteiger charge is 2.14. The van der Waals surface area contributed by atoms with Gasteiger partial charge in [0.05, 0.1) is 11.0 Å². The van der Waals surface area contributed by atoms with Gasteiger partial charge in [0.2, 0.25) is 0 Å². The Morgan fingerprint density at radius 3 is 2.55 bits per heavy atom. The number of aromatic nitrogens is 2. The molecule has 114 valence electrons. The Morgan fingerprint density at radius 1 is 1.09 bits per heavy atom. The summed E-state index contributed by atoms with van der Waals surface area (Å²) in [5.41, 5.74) is 12.6. The second-order valence-electron chi connectivity index (χ2n) is 6.50. The van der Waals surface area contributed by atoms with Gasteiger partial charge in [-0.1, -0.05) is 32.0 Å². The van der Waals surface area contributed by atoms with Crippen LogP contribution in [0.3, 0.4) is 0 Å². The maximum absolute atomic E-state index is 6.09. The van der Waals surface area contributed by atoms with Gasteiger partial charge in [-0.15, -0.1) is 0 Å². The van der Waals surface area contributed by atoms with Crippen LogP contribution in [0.15, 0.2) is 36.4 Å². The first kappa shape index (κ1) is 14.6. The molecule has 1 heterocycles. The van der Waals surface area contributed by atoms with Gasteiger partial charge in [0.1, 0.15) is 5.82 Å². The molecule has 0 aliphatic carbocycles. The van der Waals surface area contributed by atoms with E-state index in [-0.39, 0.29) is 0 Å². The molecule has 1 aromatic heterocycles. The molecule has 2 aromatic carbocycles. The fourth-order valence-corrected chi connectivity index (χ4v) is 2.79. The van der Waals surface area contributed by atoms with Crippen molar-refractivity contribution in [2.45, 2.75) is 34.2 Å². The van der Waals surface area contributed by atoms with Crippen LogP contribution in [0.4, 0.5) is 5.69 Å². The highest BCUT2D eigenvalue weighted by Crippen LogP contribution is 2.28. The number of hydrogen-bond acceptors (Lipinski definition) is 2. The lowest BCUT2D eigenvalue weighted by Gasteiger charge is -2.12. The summed E-state index contributed by atoms with van der Waals surface area (Å²) in [4.78, 5) is 4.87. The first-order valence-corrected chi connectivity index (χ1v) is 7.79. The summed E-state index contributed by atoms with van der Waals surface area (Å²) in [6.45, 7) is 9.54. The summed E-state index contributed by atoms with van der Waals surface area (Å²) >= 11 is 0. The highest BCUT2D eigenvalue weighted by molar-refractivity contribution is 5.82. The van der Waals surface area contributed by atoms with E-state index >= 15 is 0 Å². The lowest BCUT2D eigenvalue weighted by atomic mass is 10.1. The van der Waals surface area contributed by atoms with Crippen molar-refractivity contribution in [3.8, 4) is 11.4 Å². The zero-order valence-corrected chi connectivity index (χ0v) is 13.7.